The fraction of sp³-hybridized carbons (Fsp3) is 0.409. The summed E-state index contributed by atoms with van der Waals surface area (Å²) in [4.78, 5) is 2.53. The van der Waals surface area contributed by atoms with Gasteiger partial charge in [0, 0.05) is 22.9 Å². The molecular weight excluding hydrogens is 350 g/mol. The quantitative estimate of drug-likeness (QED) is 0.762. The molecule has 0 radical (unpaired) electrons. The topological polar surface area (TPSA) is 66.9 Å². The van der Waals surface area contributed by atoms with Crippen LogP contribution in [0.5, 0.6) is 5.75 Å². The van der Waals surface area contributed by atoms with Crippen molar-refractivity contribution in [3.05, 3.63) is 59.2 Å². The maximum Gasteiger partial charge on any atom is 0.204 e. The van der Waals surface area contributed by atoms with Crippen LogP contribution in [0, 0.1) is 0 Å². The van der Waals surface area contributed by atoms with E-state index in [1.165, 1.54) is 16.7 Å². The van der Waals surface area contributed by atoms with Gasteiger partial charge in [0.05, 0.1) is 7.11 Å². The number of rotatable bonds is 3. The third kappa shape index (κ3) is 2.55. The minimum absolute atomic E-state index is 0.0647. The van der Waals surface area contributed by atoms with Crippen LogP contribution in [0.1, 0.15) is 36.0 Å². The molecule has 3 aromatic rings. The van der Waals surface area contributed by atoms with Crippen LogP contribution in [0.3, 0.4) is 0 Å². The van der Waals surface area contributed by atoms with Crippen molar-refractivity contribution in [3.8, 4) is 17.1 Å². The Labute approximate surface area is 164 Å². The second-order valence-electron chi connectivity index (χ2n) is 8.28. The molecule has 1 aliphatic heterocycles. The van der Waals surface area contributed by atoms with Crippen LogP contribution in [0.25, 0.3) is 11.4 Å². The summed E-state index contributed by atoms with van der Waals surface area (Å²) in [6, 6.07) is 15.7. The van der Waals surface area contributed by atoms with Crippen LogP contribution in [-0.4, -0.2) is 52.3 Å². The van der Waals surface area contributed by atoms with Gasteiger partial charge in [-0.1, -0.05) is 31.2 Å². The van der Waals surface area contributed by atoms with Crippen LogP contribution in [0.4, 0.5) is 0 Å². The summed E-state index contributed by atoms with van der Waals surface area (Å²) in [7, 11) is 4.00. The first kappa shape index (κ1) is 17.4. The Morgan fingerprint density at radius 1 is 1.21 bits per heavy atom. The molecule has 6 nitrogen and oxygen atoms in total. The van der Waals surface area contributed by atoms with Crippen LogP contribution in [0.2, 0.25) is 0 Å². The molecule has 1 aromatic heterocycles. The van der Waals surface area contributed by atoms with Gasteiger partial charge in [0.15, 0.2) is 0 Å². The largest absolute Gasteiger partial charge is 0.497 e. The molecule has 0 unspecified atom stereocenters. The van der Waals surface area contributed by atoms with E-state index >= 15 is 0 Å². The van der Waals surface area contributed by atoms with Crippen molar-refractivity contribution in [2.24, 2.45) is 0 Å². The molecule has 0 spiro atoms. The lowest BCUT2D eigenvalue weighted by Crippen LogP contribution is -2.56. The fourth-order valence-electron chi connectivity index (χ4n) is 5.35. The van der Waals surface area contributed by atoms with E-state index in [4.69, 9.17) is 4.74 Å². The third-order valence-corrected chi connectivity index (χ3v) is 6.83. The van der Waals surface area contributed by atoms with E-state index in [0.29, 0.717) is 17.8 Å². The average molecular weight is 375 g/mol. The van der Waals surface area contributed by atoms with Gasteiger partial charge in [-0.25, -0.2) is 0 Å². The highest BCUT2D eigenvalue weighted by molar-refractivity contribution is 5.57. The molecule has 1 saturated heterocycles. The molecule has 0 saturated carbocycles. The van der Waals surface area contributed by atoms with Gasteiger partial charge >= 0.3 is 0 Å². The van der Waals surface area contributed by atoms with Crippen LogP contribution in [-0.2, 0) is 11.8 Å². The molecule has 0 amide bonds. The highest BCUT2D eigenvalue weighted by Crippen LogP contribution is 2.53. The molecule has 144 valence electrons. The van der Waals surface area contributed by atoms with Crippen molar-refractivity contribution >= 4 is 0 Å². The molecule has 6 heteroatoms. The minimum atomic E-state index is 0.0647. The number of aromatic nitrogens is 4. The number of benzene rings is 2. The fourth-order valence-corrected chi connectivity index (χ4v) is 5.35. The number of fused-ring (bicyclic) bond motifs is 4. The maximum atomic E-state index is 5.56. The van der Waals surface area contributed by atoms with Gasteiger partial charge in [-0.2, -0.15) is 5.21 Å². The van der Waals surface area contributed by atoms with Crippen LogP contribution in [0.15, 0.2) is 42.5 Å². The lowest BCUT2D eigenvalue weighted by Gasteiger charge is -2.55. The number of hydrogen-bond donors (Lipinski definition) is 1. The molecule has 1 fully saturated rings. The second kappa shape index (κ2) is 6.41. The number of methoxy groups -OCH3 is 1. The summed E-state index contributed by atoms with van der Waals surface area (Å²) in [6.45, 7) is 3.54. The second-order valence-corrected chi connectivity index (χ2v) is 8.28. The first-order valence-electron chi connectivity index (χ1n) is 9.81. The molecule has 1 N–H and O–H groups in total. The zero-order valence-electron chi connectivity index (χ0n) is 16.5. The normalized spacial score (nSPS) is 26.7. The number of nitrogens with zero attached hydrogens (tertiary/aromatic N) is 4. The predicted octanol–water partition coefficient (Wildman–Crippen LogP) is 3.18. The summed E-state index contributed by atoms with van der Waals surface area (Å²) >= 11 is 0. The average Bonchev–Trinajstić information content (AvgIpc) is 3.26. The minimum Gasteiger partial charge on any atom is -0.497 e. The Kier molecular flexibility index (Phi) is 3.98. The van der Waals surface area contributed by atoms with E-state index in [2.05, 4.69) is 82.0 Å². The van der Waals surface area contributed by atoms with Crippen LogP contribution >= 0.6 is 0 Å². The first-order valence-corrected chi connectivity index (χ1v) is 9.81. The van der Waals surface area contributed by atoms with Gasteiger partial charge in [-0.3, -0.25) is 0 Å². The molecule has 2 heterocycles. The van der Waals surface area contributed by atoms with Gasteiger partial charge in [-0.05, 0) is 66.5 Å². The van der Waals surface area contributed by atoms with Crippen molar-refractivity contribution in [3.63, 3.8) is 0 Å². The van der Waals surface area contributed by atoms with Gasteiger partial charge < -0.3 is 9.64 Å². The van der Waals surface area contributed by atoms with Crippen molar-refractivity contribution in [2.75, 3.05) is 20.7 Å². The molecule has 5 rings (SSSR count). The molecular formula is C22H25N5O. The number of H-pyrrole nitrogens is 1. The number of likely N-dealkylation sites (tertiary alicyclic amines) is 1. The molecule has 2 aliphatic rings. The number of hydrogen-bond acceptors (Lipinski definition) is 5. The number of piperidine rings is 1. The summed E-state index contributed by atoms with van der Waals surface area (Å²) in [5, 5.41) is 14.6. The summed E-state index contributed by atoms with van der Waals surface area (Å²) in [5.41, 5.74) is 5.30. The summed E-state index contributed by atoms with van der Waals surface area (Å²) in [6.07, 6.45) is 2.18. The van der Waals surface area contributed by atoms with E-state index in [0.717, 1.165) is 30.7 Å². The van der Waals surface area contributed by atoms with Crippen molar-refractivity contribution in [1.29, 1.82) is 0 Å². The highest BCUT2D eigenvalue weighted by atomic mass is 16.5. The lowest BCUT2D eigenvalue weighted by atomic mass is 9.56. The number of likely N-dealkylation sites (N-methyl/N-ethyl adjacent to an activating group) is 1. The Balaban J connectivity index is 1.65. The Morgan fingerprint density at radius 3 is 2.89 bits per heavy atom. The Bertz CT molecular complexity index is 1000. The van der Waals surface area contributed by atoms with Crippen molar-refractivity contribution in [1.82, 2.24) is 25.5 Å². The lowest BCUT2D eigenvalue weighted by molar-refractivity contribution is 0.0830. The monoisotopic (exact) mass is 375 g/mol. The van der Waals surface area contributed by atoms with E-state index in [1.807, 2.05) is 0 Å². The Morgan fingerprint density at radius 2 is 2.11 bits per heavy atom. The van der Waals surface area contributed by atoms with Gasteiger partial charge in [-0.15, -0.1) is 10.2 Å². The Hall–Kier alpha value is -2.73. The van der Waals surface area contributed by atoms with Crippen LogP contribution < -0.4 is 4.74 Å². The molecule has 28 heavy (non-hydrogen) atoms. The molecule has 1 aliphatic carbocycles. The van der Waals surface area contributed by atoms with Crippen molar-refractivity contribution < 1.29 is 4.74 Å². The first-order chi connectivity index (χ1) is 13.6. The standard InChI is InChI=1S/C22H25N5O/c1-22-9-10-27(2)19(12-14-7-8-17(28-3)13-18(14)22)20(22)15-5-4-6-16(11-15)21-23-25-26-24-21/h4-8,11,13,19-20H,9-10,12H2,1-3H3,(H,23,24,25,26)/t19-,20+,22-/m1/s1. The zero-order valence-corrected chi connectivity index (χ0v) is 16.5. The smallest absolute Gasteiger partial charge is 0.204 e. The SMILES string of the molecule is COc1ccc2c(c1)[C@@]1(C)CCN(C)[C@H](C2)[C@@H]1c1cccc(-c2nn[nH]n2)c1. The number of aromatic amines is 1. The third-order valence-electron chi connectivity index (χ3n) is 6.83. The van der Waals surface area contributed by atoms with Crippen molar-refractivity contribution in [2.45, 2.75) is 37.1 Å². The zero-order chi connectivity index (χ0) is 19.3. The number of ether oxygens (including phenoxy) is 1. The number of nitrogens with one attached hydrogen (secondary N) is 1. The number of tetrazole rings is 1. The van der Waals surface area contributed by atoms with Gasteiger partial charge in [0.25, 0.3) is 0 Å². The van der Waals surface area contributed by atoms with Gasteiger partial charge in [0.2, 0.25) is 5.82 Å². The predicted molar refractivity (Wildman–Crippen MR) is 107 cm³/mol. The maximum absolute atomic E-state index is 5.56. The summed E-state index contributed by atoms with van der Waals surface area (Å²) in [5.74, 6) is 1.98. The highest BCUT2D eigenvalue weighted by Gasteiger charge is 2.50. The van der Waals surface area contributed by atoms with Gasteiger partial charge in [0.1, 0.15) is 5.75 Å². The summed E-state index contributed by atoms with van der Waals surface area (Å²) < 4.78 is 5.56. The molecule has 2 bridgehead atoms. The molecule has 3 atom stereocenters. The van der Waals surface area contributed by atoms with E-state index in [1.54, 1.807) is 7.11 Å². The van der Waals surface area contributed by atoms with E-state index in [9.17, 15) is 0 Å². The van der Waals surface area contributed by atoms with E-state index < -0.39 is 0 Å². The molecule has 2 aromatic carbocycles. The van der Waals surface area contributed by atoms with E-state index in [-0.39, 0.29) is 5.41 Å².